The summed E-state index contributed by atoms with van der Waals surface area (Å²) in [6, 6.07) is 3.90. The summed E-state index contributed by atoms with van der Waals surface area (Å²) in [5.41, 5.74) is 0.348. The van der Waals surface area contributed by atoms with Gasteiger partial charge in [-0.05, 0) is 30.7 Å². The van der Waals surface area contributed by atoms with Gasteiger partial charge >= 0.3 is 0 Å². The second-order valence-electron chi connectivity index (χ2n) is 4.07. The van der Waals surface area contributed by atoms with Gasteiger partial charge in [0.05, 0.1) is 4.90 Å². The molecule has 2 rings (SSSR count). The van der Waals surface area contributed by atoms with Crippen LogP contribution in [-0.4, -0.2) is 38.9 Å². The average molecular weight is 295 g/mol. The van der Waals surface area contributed by atoms with Gasteiger partial charge < -0.3 is 5.32 Å². The van der Waals surface area contributed by atoms with Crippen LogP contribution in [0.5, 0.6) is 0 Å². The molecular weight excluding hydrogens is 279 g/mol. The Balaban J connectivity index is 0.00000162. The number of aryl methyl sites for hydroxylation is 1. The largest absolute Gasteiger partial charge is 0.314 e. The van der Waals surface area contributed by atoms with E-state index >= 15 is 0 Å². The maximum absolute atomic E-state index is 13.1. The number of benzene rings is 1. The van der Waals surface area contributed by atoms with Gasteiger partial charge in [-0.2, -0.15) is 4.31 Å². The van der Waals surface area contributed by atoms with E-state index in [0.29, 0.717) is 31.7 Å². The Hall–Kier alpha value is -0.690. The Morgan fingerprint density at radius 1 is 1.28 bits per heavy atom. The SMILES string of the molecule is Cc1cc(S(=O)(=O)N2CCNCC2)ccc1F.Cl. The normalized spacial score (nSPS) is 17.2. The van der Waals surface area contributed by atoms with E-state index in [1.54, 1.807) is 6.92 Å². The lowest BCUT2D eigenvalue weighted by Gasteiger charge is -2.26. The van der Waals surface area contributed by atoms with Crippen LogP contribution in [0.3, 0.4) is 0 Å². The standard InChI is InChI=1S/C11H15FN2O2S.ClH/c1-9-8-10(2-3-11(9)12)17(15,16)14-6-4-13-5-7-14;/h2-3,8,13H,4-7H2,1H3;1H. The molecule has 0 unspecified atom stereocenters. The van der Waals surface area contributed by atoms with Crippen LogP contribution in [0, 0.1) is 12.7 Å². The van der Waals surface area contributed by atoms with Crippen molar-refractivity contribution in [1.82, 2.24) is 9.62 Å². The molecule has 1 aliphatic rings. The summed E-state index contributed by atoms with van der Waals surface area (Å²) in [4.78, 5) is 0.165. The zero-order valence-electron chi connectivity index (χ0n) is 10.0. The molecule has 1 aromatic carbocycles. The van der Waals surface area contributed by atoms with Gasteiger partial charge in [0.25, 0.3) is 0 Å². The van der Waals surface area contributed by atoms with Crippen molar-refractivity contribution in [2.75, 3.05) is 26.2 Å². The number of piperazine rings is 1. The number of sulfonamides is 1. The molecule has 0 aromatic heterocycles. The Morgan fingerprint density at radius 3 is 2.44 bits per heavy atom. The first-order chi connectivity index (χ1) is 8.01. The van der Waals surface area contributed by atoms with Crippen molar-refractivity contribution in [2.24, 2.45) is 0 Å². The monoisotopic (exact) mass is 294 g/mol. The fourth-order valence-electron chi connectivity index (χ4n) is 1.81. The zero-order chi connectivity index (χ0) is 12.5. The Morgan fingerprint density at radius 2 is 1.89 bits per heavy atom. The minimum atomic E-state index is -3.47. The lowest BCUT2D eigenvalue weighted by Crippen LogP contribution is -2.46. The molecule has 0 atom stereocenters. The molecule has 0 radical (unpaired) electrons. The van der Waals surface area contributed by atoms with E-state index in [9.17, 15) is 12.8 Å². The fraction of sp³-hybridized carbons (Fsp3) is 0.455. The van der Waals surface area contributed by atoms with E-state index in [1.165, 1.54) is 22.5 Å². The lowest BCUT2D eigenvalue weighted by molar-refractivity contribution is 0.360. The van der Waals surface area contributed by atoms with Crippen molar-refractivity contribution in [3.05, 3.63) is 29.6 Å². The predicted molar refractivity (Wildman–Crippen MR) is 70.0 cm³/mol. The molecule has 0 amide bonds. The zero-order valence-corrected chi connectivity index (χ0v) is 11.7. The highest BCUT2D eigenvalue weighted by atomic mass is 35.5. The van der Waals surface area contributed by atoms with E-state index in [1.807, 2.05) is 0 Å². The highest BCUT2D eigenvalue weighted by Crippen LogP contribution is 2.18. The first-order valence-corrected chi connectivity index (χ1v) is 6.93. The fourth-order valence-corrected chi connectivity index (χ4v) is 3.34. The molecule has 4 nitrogen and oxygen atoms in total. The second-order valence-corrected chi connectivity index (χ2v) is 6.00. The lowest BCUT2D eigenvalue weighted by atomic mass is 10.2. The van der Waals surface area contributed by atoms with Crippen molar-refractivity contribution in [2.45, 2.75) is 11.8 Å². The van der Waals surface area contributed by atoms with Crippen molar-refractivity contribution in [3.63, 3.8) is 0 Å². The molecule has 1 aromatic rings. The van der Waals surface area contributed by atoms with E-state index in [0.717, 1.165) is 0 Å². The highest BCUT2D eigenvalue weighted by molar-refractivity contribution is 7.89. The maximum Gasteiger partial charge on any atom is 0.243 e. The van der Waals surface area contributed by atoms with Gasteiger partial charge in [-0.15, -0.1) is 12.4 Å². The van der Waals surface area contributed by atoms with Gasteiger partial charge in [-0.3, -0.25) is 0 Å². The number of halogens is 2. The van der Waals surface area contributed by atoms with Crippen LogP contribution >= 0.6 is 12.4 Å². The Labute approximate surface area is 113 Å². The molecule has 0 saturated carbocycles. The third kappa shape index (κ3) is 3.00. The van der Waals surface area contributed by atoms with Gasteiger partial charge in [0, 0.05) is 26.2 Å². The topological polar surface area (TPSA) is 49.4 Å². The van der Waals surface area contributed by atoms with Crippen LogP contribution in [0.25, 0.3) is 0 Å². The maximum atomic E-state index is 13.1. The van der Waals surface area contributed by atoms with Gasteiger partial charge in [0.2, 0.25) is 10.0 Å². The number of hydrogen-bond donors (Lipinski definition) is 1. The van der Waals surface area contributed by atoms with Gasteiger partial charge in [0.15, 0.2) is 0 Å². The van der Waals surface area contributed by atoms with Gasteiger partial charge in [-0.1, -0.05) is 0 Å². The van der Waals surface area contributed by atoms with Crippen molar-refractivity contribution < 1.29 is 12.8 Å². The second kappa shape index (κ2) is 5.97. The van der Waals surface area contributed by atoms with Crippen LogP contribution < -0.4 is 5.32 Å². The highest BCUT2D eigenvalue weighted by Gasteiger charge is 2.25. The number of rotatable bonds is 2. The molecule has 18 heavy (non-hydrogen) atoms. The molecule has 1 N–H and O–H groups in total. The predicted octanol–water partition coefficient (Wildman–Crippen LogP) is 1.15. The molecule has 1 fully saturated rings. The number of nitrogens with zero attached hydrogens (tertiary/aromatic N) is 1. The van der Waals surface area contributed by atoms with E-state index in [-0.39, 0.29) is 23.1 Å². The Kier molecular flexibility index (Phi) is 5.10. The summed E-state index contributed by atoms with van der Waals surface area (Å²) in [6.45, 7) is 3.78. The molecule has 7 heteroatoms. The summed E-state index contributed by atoms with van der Waals surface area (Å²) in [5, 5.41) is 3.09. The third-order valence-electron chi connectivity index (χ3n) is 2.84. The first-order valence-electron chi connectivity index (χ1n) is 5.49. The summed E-state index contributed by atoms with van der Waals surface area (Å²) < 4.78 is 39.0. The van der Waals surface area contributed by atoms with E-state index in [2.05, 4.69) is 5.32 Å². The summed E-state index contributed by atoms with van der Waals surface area (Å²) >= 11 is 0. The van der Waals surface area contributed by atoms with Crippen molar-refractivity contribution >= 4 is 22.4 Å². The average Bonchev–Trinajstić information content (AvgIpc) is 2.33. The van der Waals surface area contributed by atoms with E-state index < -0.39 is 10.0 Å². The van der Waals surface area contributed by atoms with Crippen LogP contribution in [0.4, 0.5) is 4.39 Å². The van der Waals surface area contributed by atoms with Crippen LogP contribution in [0.2, 0.25) is 0 Å². The van der Waals surface area contributed by atoms with Gasteiger partial charge in [0.1, 0.15) is 5.82 Å². The van der Waals surface area contributed by atoms with Gasteiger partial charge in [-0.25, -0.2) is 12.8 Å². The third-order valence-corrected chi connectivity index (χ3v) is 4.74. The molecule has 1 heterocycles. The first kappa shape index (κ1) is 15.4. The number of nitrogens with one attached hydrogen (secondary N) is 1. The van der Waals surface area contributed by atoms with E-state index in [4.69, 9.17) is 0 Å². The Bertz CT molecular complexity index is 516. The van der Waals surface area contributed by atoms with Crippen LogP contribution in [0.1, 0.15) is 5.56 Å². The molecule has 102 valence electrons. The van der Waals surface area contributed by atoms with Crippen molar-refractivity contribution in [3.8, 4) is 0 Å². The smallest absolute Gasteiger partial charge is 0.243 e. The minimum Gasteiger partial charge on any atom is -0.314 e. The molecule has 0 bridgehead atoms. The van der Waals surface area contributed by atoms with Crippen LogP contribution in [0.15, 0.2) is 23.1 Å². The minimum absolute atomic E-state index is 0. The summed E-state index contributed by atoms with van der Waals surface area (Å²) in [5.74, 6) is -0.385. The summed E-state index contributed by atoms with van der Waals surface area (Å²) in [7, 11) is -3.47. The molecule has 1 aliphatic heterocycles. The molecular formula is C11H16ClFN2O2S. The van der Waals surface area contributed by atoms with Crippen LogP contribution in [-0.2, 0) is 10.0 Å². The van der Waals surface area contributed by atoms with Crippen molar-refractivity contribution in [1.29, 1.82) is 0 Å². The molecule has 1 saturated heterocycles. The number of hydrogen-bond acceptors (Lipinski definition) is 3. The molecule has 0 spiro atoms. The summed E-state index contributed by atoms with van der Waals surface area (Å²) in [6.07, 6.45) is 0. The quantitative estimate of drug-likeness (QED) is 0.890. The molecule has 0 aliphatic carbocycles.